The van der Waals surface area contributed by atoms with Crippen LogP contribution in [0.1, 0.15) is 30.5 Å². The smallest absolute Gasteiger partial charge is 0.240 e. The number of aromatic nitrogens is 3. The van der Waals surface area contributed by atoms with Crippen LogP contribution >= 0.6 is 0 Å². The number of hydrogen-bond donors (Lipinski definition) is 1. The van der Waals surface area contributed by atoms with E-state index in [0.717, 1.165) is 56.0 Å². The number of nitrogens with one attached hydrogen (secondary N) is 1. The zero-order chi connectivity index (χ0) is 17.9. The summed E-state index contributed by atoms with van der Waals surface area (Å²) in [7, 11) is 0. The average molecular weight is 355 g/mol. The molecule has 1 unspecified atom stereocenters. The Balaban J connectivity index is 1.35. The summed E-state index contributed by atoms with van der Waals surface area (Å²) in [6.45, 7) is 4.95. The van der Waals surface area contributed by atoms with Gasteiger partial charge in [0.15, 0.2) is 0 Å². The molecule has 0 radical (unpaired) electrons. The predicted octanol–water partition coefficient (Wildman–Crippen LogP) is 1.45. The highest BCUT2D eigenvalue weighted by molar-refractivity contribution is 5.84. The fraction of sp³-hybridized carbons (Fsp3) is 0.526. The van der Waals surface area contributed by atoms with Crippen molar-refractivity contribution in [3.05, 3.63) is 41.7 Å². The summed E-state index contributed by atoms with van der Waals surface area (Å²) < 4.78 is 7.19. The number of ether oxygens (including phenoxy) is 1. The maximum absolute atomic E-state index is 12.7. The monoisotopic (exact) mass is 355 g/mol. The van der Waals surface area contributed by atoms with Crippen LogP contribution in [0, 0.1) is 6.92 Å². The average Bonchev–Trinajstić information content (AvgIpc) is 3.28. The van der Waals surface area contributed by atoms with E-state index in [1.807, 2.05) is 29.3 Å². The second-order valence-electron chi connectivity index (χ2n) is 7.04. The van der Waals surface area contributed by atoms with Crippen molar-refractivity contribution in [1.29, 1.82) is 0 Å². The van der Waals surface area contributed by atoms with E-state index in [1.54, 1.807) is 4.68 Å². The van der Waals surface area contributed by atoms with Gasteiger partial charge in [0.05, 0.1) is 23.6 Å². The lowest BCUT2D eigenvalue weighted by atomic mass is 10.1. The standard InChI is InChI=1S/C19H25N5O2/c1-14-4-2-3-5-18(14)24-13-15(21-22-24)12-20-17-6-9-23(19(17)25)16-7-10-26-11-8-16/h2-5,13,16-17,20H,6-12H2,1H3. The molecule has 1 atom stereocenters. The third kappa shape index (κ3) is 3.50. The van der Waals surface area contributed by atoms with Gasteiger partial charge in [0.25, 0.3) is 0 Å². The number of amides is 1. The Bertz CT molecular complexity index is 769. The van der Waals surface area contributed by atoms with Gasteiger partial charge in [-0.15, -0.1) is 5.10 Å². The Labute approximate surface area is 153 Å². The molecular formula is C19H25N5O2. The minimum Gasteiger partial charge on any atom is -0.381 e. The van der Waals surface area contributed by atoms with Crippen LogP contribution in [0.25, 0.3) is 5.69 Å². The van der Waals surface area contributed by atoms with E-state index in [2.05, 4.69) is 28.6 Å². The first kappa shape index (κ1) is 17.2. The zero-order valence-electron chi connectivity index (χ0n) is 15.1. The van der Waals surface area contributed by atoms with Gasteiger partial charge in [-0.3, -0.25) is 10.1 Å². The quantitative estimate of drug-likeness (QED) is 0.879. The van der Waals surface area contributed by atoms with Gasteiger partial charge in [-0.1, -0.05) is 23.4 Å². The van der Waals surface area contributed by atoms with Crippen molar-refractivity contribution in [2.24, 2.45) is 0 Å². The molecule has 2 saturated heterocycles. The molecule has 1 N–H and O–H groups in total. The van der Waals surface area contributed by atoms with Gasteiger partial charge >= 0.3 is 0 Å². The Morgan fingerprint density at radius 3 is 2.85 bits per heavy atom. The predicted molar refractivity (Wildman–Crippen MR) is 96.9 cm³/mol. The topological polar surface area (TPSA) is 72.3 Å². The first-order valence-electron chi connectivity index (χ1n) is 9.31. The molecule has 2 aliphatic heterocycles. The molecule has 2 aliphatic rings. The Morgan fingerprint density at radius 1 is 1.23 bits per heavy atom. The van der Waals surface area contributed by atoms with Crippen LogP contribution < -0.4 is 5.32 Å². The van der Waals surface area contributed by atoms with Crippen LogP contribution in [0.15, 0.2) is 30.5 Å². The molecular weight excluding hydrogens is 330 g/mol. The number of aryl methyl sites for hydroxylation is 1. The van der Waals surface area contributed by atoms with E-state index in [9.17, 15) is 4.79 Å². The van der Waals surface area contributed by atoms with E-state index in [1.165, 1.54) is 0 Å². The van der Waals surface area contributed by atoms with Gasteiger partial charge in [0, 0.05) is 32.3 Å². The third-order valence-electron chi connectivity index (χ3n) is 5.30. The van der Waals surface area contributed by atoms with E-state index in [4.69, 9.17) is 4.74 Å². The minimum atomic E-state index is -0.124. The maximum Gasteiger partial charge on any atom is 0.240 e. The summed E-state index contributed by atoms with van der Waals surface area (Å²) in [5.74, 6) is 0.211. The normalized spacial score (nSPS) is 21.5. The zero-order valence-corrected chi connectivity index (χ0v) is 15.1. The fourth-order valence-electron chi connectivity index (χ4n) is 3.80. The molecule has 0 saturated carbocycles. The summed E-state index contributed by atoms with van der Waals surface area (Å²) in [6.07, 6.45) is 4.67. The second kappa shape index (κ2) is 7.55. The van der Waals surface area contributed by atoms with Crippen molar-refractivity contribution in [1.82, 2.24) is 25.2 Å². The van der Waals surface area contributed by atoms with Crippen LogP contribution in [-0.4, -0.2) is 57.6 Å². The molecule has 26 heavy (non-hydrogen) atoms. The summed E-state index contributed by atoms with van der Waals surface area (Å²) in [6, 6.07) is 8.29. The van der Waals surface area contributed by atoms with Crippen LogP contribution in [-0.2, 0) is 16.1 Å². The number of rotatable bonds is 5. The fourth-order valence-corrected chi connectivity index (χ4v) is 3.80. The van der Waals surface area contributed by atoms with E-state index in [0.29, 0.717) is 12.6 Å². The molecule has 7 nitrogen and oxygen atoms in total. The van der Waals surface area contributed by atoms with E-state index < -0.39 is 0 Å². The lowest BCUT2D eigenvalue weighted by Crippen LogP contribution is -2.44. The molecule has 138 valence electrons. The van der Waals surface area contributed by atoms with Crippen molar-refractivity contribution in [3.8, 4) is 5.69 Å². The lowest BCUT2D eigenvalue weighted by molar-refractivity contribution is -0.133. The van der Waals surface area contributed by atoms with Crippen LogP contribution in [0.3, 0.4) is 0 Å². The second-order valence-corrected chi connectivity index (χ2v) is 7.04. The first-order chi connectivity index (χ1) is 12.7. The molecule has 3 heterocycles. The summed E-state index contributed by atoms with van der Waals surface area (Å²) >= 11 is 0. The van der Waals surface area contributed by atoms with Gasteiger partial charge in [0.2, 0.25) is 5.91 Å². The Morgan fingerprint density at radius 2 is 2.04 bits per heavy atom. The third-order valence-corrected chi connectivity index (χ3v) is 5.30. The SMILES string of the molecule is Cc1ccccc1-n1cc(CNC2CCN(C3CCOCC3)C2=O)nn1. The number of hydrogen-bond acceptors (Lipinski definition) is 5. The summed E-state index contributed by atoms with van der Waals surface area (Å²) in [4.78, 5) is 14.7. The molecule has 1 aromatic heterocycles. The van der Waals surface area contributed by atoms with Crippen LogP contribution in [0.5, 0.6) is 0 Å². The molecule has 0 bridgehead atoms. The molecule has 1 aromatic carbocycles. The van der Waals surface area contributed by atoms with Crippen LogP contribution in [0.2, 0.25) is 0 Å². The van der Waals surface area contributed by atoms with Crippen molar-refractivity contribution in [2.45, 2.75) is 44.8 Å². The molecule has 2 aromatic rings. The van der Waals surface area contributed by atoms with Gasteiger partial charge in [0.1, 0.15) is 0 Å². The highest BCUT2D eigenvalue weighted by Crippen LogP contribution is 2.21. The minimum absolute atomic E-state index is 0.124. The highest BCUT2D eigenvalue weighted by Gasteiger charge is 2.36. The molecule has 0 spiro atoms. The molecule has 4 rings (SSSR count). The first-order valence-corrected chi connectivity index (χ1v) is 9.31. The van der Waals surface area contributed by atoms with Gasteiger partial charge < -0.3 is 9.64 Å². The lowest BCUT2D eigenvalue weighted by Gasteiger charge is -2.31. The number of benzene rings is 1. The molecule has 2 fully saturated rings. The van der Waals surface area contributed by atoms with Gasteiger partial charge in [-0.25, -0.2) is 4.68 Å². The number of likely N-dealkylation sites (tertiary alicyclic amines) is 1. The number of carbonyl (C=O) groups is 1. The van der Waals surface area contributed by atoms with E-state index in [-0.39, 0.29) is 11.9 Å². The van der Waals surface area contributed by atoms with Crippen molar-refractivity contribution >= 4 is 5.91 Å². The Kier molecular flexibility index (Phi) is 4.99. The van der Waals surface area contributed by atoms with Crippen molar-refractivity contribution < 1.29 is 9.53 Å². The van der Waals surface area contributed by atoms with Crippen molar-refractivity contribution in [2.75, 3.05) is 19.8 Å². The number of carbonyl (C=O) groups excluding carboxylic acids is 1. The highest BCUT2D eigenvalue weighted by atomic mass is 16.5. The number of nitrogens with zero attached hydrogens (tertiary/aromatic N) is 4. The van der Waals surface area contributed by atoms with Gasteiger partial charge in [-0.2, -0.15) is 0 Å². The number of para-hydroxylation sites is 1. The van der Waals surface area contributed by atoms with E-state index >= 15 is 0 Å². The van der Waals surface area contributed by atoms with Crippen LogP contribution in [0.4, 0.5) is 0 Å². The maximum atomic E-state index is 12.7. The summed E-state index contributed by atoms with van der Waals surface area (Å²) in [5, 5.41) is 11.8. The van der Waals surface area contributed by atoms with Crippen molar-refractivity contribution in [3.63, 3.8) is 0 Å². The van der Waals surface area contributed by atoms with Gasteiger partial charge in [-0.05, 0) is 37.8 Å². The largest absolute Gasteiger partial charge is 0.381 e. The molecule has 7 heteroatoms. The Hall–Kier alpha value is -2.25. The molecule has 1 amide bonds. The summed E-state index contributed by atoms with van der Waals surface area (Å²) in [5.41, 5.74) is 3.01. The molecule has 0 aliphatic carbocycles.